The third-order valence-corrected chi connectivity index (χ3v) is 0.687. The van der Waals surface area contributed by atoms with Gasteiger partial charge in [-0.05, 0) is 0 Å². The summed E-state index contributed by atoms with van der Waals surface area (Å²) in [5.74, 6) is 0.125. The van der Waals surface area contributed by atoms with Gasteiger partial charge in [-0.15, -0.1) is 0 Å². The number of nitrogen functional groups attached to an aromatic ring is 3. The van der Waals surface area contributed by atoms with Gasteiger partial charge >= 0.3 is 19.5 Å². The molecule has 0 fully saturated rings. The van der Waals surface area contributed by atoms with Crippen LogP contribution < -0.4 is 27.0 Å². The van der Waals surface area contributed by atoms with Crippen LogP contribution in [0.2, 0.25) is 0 Å². The minimum absolute atomic E-state index is 0. The van der Waals surface area contributed by atoms with Crippen LogP contribution in [0.3, 0.4) is 0 Å². The van der Waals surface area contributed by atoms with Crippen molar-refractivity contribution in [3.63, 3.8) is 0 Å². The van der Waals surface area contributed by atoms with Gasteiger partial charge in [-0.1, -0.05) is 0 Å². The predicted octanol–water partition coefficient (Wildman–Crippen LogP) is -5.23. The van der Waals surface area contributed by atoms with E-state index in [0.717, 1.165) is 0 Å². The van der Waals surface area contributed by atoms with Gasteiger partial charge in [-0.3, -0.25) is 0 Å². The van der Waals surface area contributed by atoms with Gasteiger partial charge in [0.05, 0.1) is 7.82 Å². The molecule has 0 aliphatic carbocycles. The standard InChI is InChI=1S/C3H6N6.H3O4P.2H2O.Zn/c4-1-7-2(5)9-3(6)8-1;1-5(2,3)4;;;/h(H6,4,5,6,7,8,9);(H3,1,2,3,4);2*1H2;/q;;;;+2/p-2. The topological polar surface area (TPSA) is 263 Å². The van der Waals surface area contributed by atoms with E-state index < -0.39 is 7.82 Å². The van der Waals surface area contributed by atoms with Crippen LogP contribution in [0.1, 0.15) is 0 Å². The summed E-state index contributed by atoms with van der Waals surface area (Å²) in [5.41, 5.74) is 15.4. The van der Waals surface area contributed by atoms with Crippen molar-refractivity contribution in [3.05, 3.63) is 0 Å². The summed E-state index contributed by atoms with van der Waals surface area (Å²) in [6.45, 7) is 0. The number of hydrogen-bond donors (Lipinski definition) is 4. The van der Waals surface area contributed by atoms with Crippen LogP contribution in [0.5, 0.6) is 0 Å². The van der Waals surface area contributed by atoms with E-state index in [-0.39, 0.29) is 48.3 Å². The Bertz CT molecular complexity index is 301. The Morgan fingerprint density at radius 3 is 1.18 bits per heavy atom. The van der Waals surface area contributed by atoms with Gasteiger partial charge in [0.25, 0.3) is 0 Å². The third-order valence-electron chi connectivity index (χ3n) is 0.687. The van der Waals surface area contributed by atoms with Crippen LogP contribution in [0.25, 0.3) is 0 Å². The Labute approximate surface area is 108 Å². The van der Waals surface area contributed by atoms with Crippen LogP contribution in [0.15, 0.2) is 0 Å². The number of nitrogens with zero attached hydrogens (tertiary/aromatic N) is 3. The van der Waals surface area contributed by atoms with Crippen molar-refractivity contribution in [3.8, 4) is 0 Å². The zero-order valence-corrected chi connectivity index (χ0v) is 12.3. The maximum absolute atomic E-state index is 8.66. The van der Waals surface area contributed by atoms with Crippen LogP contribution >= 0.6 is 7.82 Å². The largest absolute Gasteiger partial charge is 2.00 e. The minimum Gasteiger partial charge on any atom is -0.790 e. The maximum Gasteiger partial charge on any atom is 2.00 e. The molecule has 14 heteroatoms. The molecule has 0 aliphatic heterocycles. The molecule has 96 valence electrons. The van der Waals surface area contributed by atoms with E-state index in [2.05, 4.69) is 15.0 Å². The number of anilines is 3. The molecule has 0 saturated heterocycles. The molecule has 0 radical (unpaired) electrons. The molecule has 0 saturated carbocycles. The minimum atomic E-state index is -5.14. The van der Waals surface area contributed by atoms with Crippen molar-refractivity contribution in [1.29, 1.82) is 0 Å². The maximum atomic E-state index is 8.66. The molecule has 0 spiro atoms. The van der Waals surface area contributed by atoms with Gasteiger partial charge in [0.1, 0.15) is 0 Å². The average Bonchev–Trinajstić information content (AvgIpc) is 1.77. The van der Waals surface area contributed by atoms with Crippen LogP contribution in [-0.4, -0.2) is 30.8 Å². The van der Waals surface area contributed by atoms with Crippen LogP contribution in [0.4, 0.5) is 17.8 Å². The van der Waals surface area contributed by atoms with Crippen LogP contribution in [0, 0.1) is 0 Å². The van der Waals surface area contributed by atoms with Gasteiger partial charge < -0.3 is 47.4 Å². The normalized spacial score (nSPS) is 8.41. The first kappa shape index (κ1) is 25.0. The molecular weight excluding hydrogens is 312 g/mol. The molecule has 11 N–H and O–H groups in total. The molecule has 1 heterocycles. The quantitative estimate of drug-likeness (QED) is 0.260. The summed E-state index contributed by atoms with van der Waals surface area (Å²) in [5, 5.41) is 0. The van der Waals surface area contributed by atoms with Gasteiger partial charge in [-0.25, -0.2) is 0 Å². The molecule has 0 aromatic carbocycles. The predicted molar refractivity (Wildman–Crippen MR) is 50.1 cm³/mol. The van der Waals surface area contributed by atoms with E-state index in [9.17, 15) is 0 Å². The molecule has 0 unspecified atom stereocenters. The smallest absolute Gasteiger partial charge is 0.790 e. The van der Waals surface area contributed by atoms with Crippen molar-refractivity contribution in [2.24, 2.45) is 0 Å². The molecule has 0 bridgehead atoms. The monoisotopic (exact) mass is 322 g/mol. The third kappa shape index (κ3) is 21.0. The second-order valence-electron chi connectivity index (χ2n) is 1.88. The second-order valence-corrected chi connectivity index (χ2v) is 2.82. The van der Waals surface area contributed by atoms with E-state index in [4.69, 9.17) is 36.4 Å². The summed E-state index contributed by atoms with van der Waals surface area (Å²) in [6, 6.07) is 0. The molecule has 0 aliphatic rings. The van der Waals surface area contributed by atoms with Crippen molar-refractivity contribution in [2.45, 2.75) is 0 Å². The Morgan fingerprint density at radius 2 is 1.06 bits per heavy atom. The van der Waals surface area contributed by atoms with E-state index in [0.29, 0.717) is 0 Å². The molecule has 17 heavy (non-hydrogen) atoms. The van der Waals surface area contributed by atoms with Gasteiger partial charge in [0.15, 0.2) is 0 Å². The first-order chi connectivity index (χ1) is 6.18. The van der Waals surface area contributed by atoms with Crippen molar-refractivity contribution >= 4 is 25.7 Å². The van der Waals surface area contributed by atoms with Crippen molar-refractivity contribution < 1.29 is 49.7 Å². The zero-order valence-electron chi connectivity index (χ0n) is 8.40. The summed E-state index contributed by atoms with van der Waals surface area (Å²) in [6.07, 6.45) is 0. The number of nitrogens with two attached hydrogens (primary N) is 3. The first-order valence-electron chi connectivity index (χ1n) is 2.96. The van der Waals surface area contributed by atoms with Crippen LogP contribution in [-0.2, 0) is 24.0 Å². The van der Waals surface area contributed by atoms with Crippen molar-refractivity contribution in [2.75, 3.05) is 17.2 Å². The van der Waals surface area contributed by atoms with E-state index in [1.165, 1.54) is 0 Å². The van der Waals surface area contributed by atoms with Crippen molar-refractivity contribution in [1.82, 2.24) is 15.0 Å². The zero-order chi connectivity index (χ0) is 11.4. The van der Waals surface area contributed by atoms with E-state index >= 15 is 0 Å². The average molecular weight is 324 g/mol. The number of rotatable bonds is 0. The first-order valence-corrected chi connectivity index (χ1v) is 4.45. The Balaban J connectivity index is -0.0000000948. The fraction of sp³-hybridized carbons (Fsp3) is 0. The summed E-state index contributed by atoms with van der Waals surface area (Å²) in [4.78, 5) is 34.7. The van der Waals surface area contributed by atoms with Gasteiger partial charge in [-0.2, -0.15) is 15.0 Å². The fourth-order valence-corrected chi connectivity index (χ4v) is 0.427. The molecule has 1 aromatic rings. The summed E-state index contributed by atoms with van der Waals surface area (Å²) < 4.78 is 8.66. The second kappa shape index (κ2) is 10.2. The van der Waals surface area contributed by atoms with Gasteiger partial charge in [0, 0.05) is 0 Å². The fourth-order valence-electron chi connectivity index (χ4n) is 0.427. The van der Waals surface area contributed by atoms with E-state index in [1.807, 2.05) is 0 Å². The Morgan fingerprint density at radius 1 is 0.941 bits per heavy atom. The summed E-state index contributed by atoms with van der Waals surface area (Å²) in [7, 11) is -5.14. The number of aromatic nitrogens is 3. The molecule has 0 atom stereocenters. The molecule has 1 rings (SSSR count). The summed E-state index contributed by atoms with van der Waals surface area (Å²) >= 11 is 0. The molecule has 1 aromatic heterocycles. The van der Waals surface area contributed by atoms with E-state index in [1.54, 1.807) is 0 Å². The molecule has 12 nitrogen and oxygen atoms in total. The SMILES string of the molecule is Nc1nc(N)nc(N)n1.O.O.O=P([O-])([O-])O.[Zn+2]. The molecular formula is C3H11N6O6PZn. The van der Waals surface area contributed by atoms with Gasteiger partial charge in [0.2, 0.25) is 17.8 Å². The molecule has 0 amide bonds. The number of phosphoric acid groups is 1. The number of hydrogen-bond acceptors (Lipinski definition) is 9. The Kier molecular flexibility index (Phi) is 15.1. The Hall–Kier alpha value is -0.937.